The van der Waals surface area contributed by atoms with Gasteiger partial charge in [-0.2, -0.15) is 0 Å². The summed E-state index contributed by atoms with van der Waals surface area (Å²) in [5.74, 6) is -0.871. The van der Waals surface area contributed by atoms with Crippen LogP contribution in [0.3, 0.4) is 0 Å². The van der Waals surface area contributed by atoms with Crippen molar-refractivity contribution < 1.29 is 18.0 Å². The molecule has 2 amide bonds. The highest BCUT2D eigenvalue weighted by Crippen LogP contribution is 2.33. The molecule has 0 spiro atoms. The van der Waals surface area contributed by atoms with Crippen LogP contribution in [0.25, 0.3) is 0 Å². The number of amides is 2. The lowest BCUT2D eigenvalue weighted by molar-refractivity contribution is -0.140. The first-order valence-corrected chi connectivity index (χ1v) is 17.0. The quantitative estimate of drug-likeness (QED) is 0.146. The predicted molar refractivity (Wildman–Crippen MR) is 181 cm³/mol. The van der Waals surface area contributed by atoms with E-state index < -0.39 is 28.5 Å². The third kappa shape index (κ3) is 9.10. The zero-order chi connectivity index (χ0) is 32.4. The Hall–Kier alpha value is -3.85. The second kappa shape index (κ2) is 15.9. The Morgan fingerprint density at radius 3 is 2.16 bits per heavy atom. The average molecular weight is 667 g/mol. The first-order valence-electron chi connectivity index (χ1n) is 14.8. The van der Waals surface area contributed by atoms with Gasteiger partial charge in [0, 0.05) is 24.5 Å². The Morgan fingerprint density at radius 1 is 0.844 bits per heavy atom. The van der Waals surface area contributed by atoms with Crippen LogP contribution in [0.4, 0.5) is 5.69 Å². The fourth-order valence-electron chi connectivity index (χ4n) is 4.98. The van der Waals surface area contributed by atoms with Gasteiger partial charge in [-0.15, -0.1) is 0 Å². The van der Waals surface area contributed by atoms with Crippen LogP contribution in [-0.4, -0.2) is 44.3 Å². The summed E-state index contributed by atoms with van der Waals surface area (Å²) < 4.78 is 29.2. The van der Waals surface area contributed by atoms with Crippen molar-refractivity contribution in [1.29, 1.82) is 0 Å². The highest BCUT2D eigenvalue weighted by Gasteiger charge is 2.35. The summed E-state index contributed by atoms with van der Waals surface area (Å²) in [7, 11) is -4.26. The van der Waals surface area contributed by atoms with E-state index >= 15 is 0 Å². The molecule has 0 radical (unpaired) electrons. The van der Waals surface area contributed by atoms with Gasteiger partial charge in [-0.1, -0.05) is 115 Å². The molecule has 0 bridgehead atoms. The lowest BCUT2D eigenvalue weighted by atomic mass is 10.0. The monoisotopic (exact) mass is 665 g/mol. The number of hydrogen-bond donors (Lipinski definition) is 1. The number of nitrogens with zero attached hydrogens (tertiary/aromatic N) is 2. The van der Waals surface area contributed by atoms with E-state index in [4.69, 9.17) is 23.2 Å². The van der Waals surface area contributed by atoms with Crippen LogP contribution in [0.1, 0.15) is 36.5 Å². The molecular formula is C35H37Cl2N3O4S. The van der Waals surface area contributed by atoms with Gasteiger partial charge < -0.3 is 10.2 Å². The summed E-state index contributed by atoms with van der Waals surface area (Å²) in [6, 6.07) is 28.5. The summed E-state index contributed by atoms with van der Waals surface area (Å²) in [6.45, 7) is 3.93. The van der Waals surface area contributed by atoms with Gasteiger partial charge in [0.25, 0.3) is 10.0 Å². The Balaban J connectivity index is 1.81. The summed E-state index contributed by atoms with van der Waals surface area (Å²) in [5, 5.41) is 3.38. The largest absolute Gasteiger partial charge is 0.354 e. The van der Waals surface area contributed by atoms with E-state index in [9.17, 15) is 18.0 Å². The molecule has 4 rings (SSSR count). The van der Waals surface area contributed by atoms with E-state index in [1.165, 1.54) is 35.2 Å². The van der Waals surface area contributed by atoms with E-state index in [-0.39, 0.29) is 34.5 Å². The molecule has 0 saturated heterocycles. The normalized spacial score (nSPS) is 11.9. The Kier molecular flexibility index (Phi) is 12.0. The molecule has 10 heteroatoms. The molecule has 4 aromatic rings. The van der Waals surface area contributed by atoms with Gasteiger partial charge in [0.2, 0.25) is 11.8 Å². The van der Waals surface area contributed by atoms with Crippen LogP contribution in [0.15, 0.2) is 108 Å². The number of anilines is 1. The average Bonchev–Trinajstić information content (AvgIpc) is 3.03. The molecule has 0 heterocycles. The van der Waals surface area contributed by atoms with Gasteiger partial charge >= 0.3 is 0 Å². The molecule has 45 heavy (non-hydrogen) atoms. The molecule has 0 aliphatic carbocycles. The highest BCUT2D eigenvalue weighted by molar-refractivity contribution is 7.92. The molecule has 0 aromatic heterocycles. The van der Waals surface area contributed by atoms with E-state index in [0.29, 0.717) is 11.6 Å². The third-order valence-corrected chi connectivity index (χ3v) is 9.64. The standard InChI is InChI=1S/C35H37Cl2N3O4S/c1-3-4-20-38-35(42)33(22-27-13-7-5-8-14-27)39(24-28-15-11-12-26(2)21-28)34(41)25-40(32-19-18-29(36)23-31(32)37)45(43,44)30-16-9-6-10-17-30/h5-19,21,23,33H,3-4,20,22,24-25H2,1-2H3,(H,38,42)/t33-/m1/s1. The Labute approximate surface area is 275 Å². The molecular weight excluding hydrogens is 629 g/mol. The molecule has 7 nitrogen and oxygen atoms in total. The van der Waals surface area contributed by atoms with Crippen molar-refractivity contribution in [3.63, 3.8) is 0 Å². The van der Waals surface area contributed by atoms with Gasteiger partial charge in [-0.05, 0) is 54.8 Å². The number of sulfonamides is 1. The van der Waals surface area contributed by atoms with E-state index in [1.54, 1.807) is 18.2 Å². The van der Waals surface area contributed by atoms with E-state index in [2.05, 4.69) is 5.32 Å². The molecule has 1 atom stereocenters. The fraction of sp³-hybridized carbons (Fsp3) is 0.257. The van der Waals surface area contributed by atoms with Crippen molar-refractivity contribution >= 4 is 50.7 Å². The number of hydrogen-bond acceptors (Lipinski definition) is 4. The van der Waals surface area contributed by atoms with E-state index in [1.807, 2.05) is 68.4 Å². The van der Waals surface area contributed by atoms with Gasteiger partial charge in [0.05, 0.1) is 15.6 Å². The highest BCUT2D eigenvalue weighted by atomic mass is 35.5. The SMILES string of the molecule is CCCCNC(=O)[C@@H](Cc1ccccc1)N(Cc1cccc(C)c1)C(=O)CN(c1ccc(Cl)cc1Cl)S(=O)(=O)c1ccccc1. The van der Waals surface area contributed by atoms with Crippen LogP contribution >= 0.6 is 23.2 Å². The Bertz CT molecular complexity index is 1700. The van der Waals surface area contributed by atoms with Crippen molar-refractivity contribution in [2.75, 3.05) is 17.4 Å². The minimum Gasteiger partial charge on any atom is -0.354 e. The molecule has 0 saturated carbocycles. The molecule has 0 aliphatic rings. The molecule has 4 aromatic carbocycles. The topological polar surface area (TPSA) is 86.8 Å². The smallest absolute Gasteiger partial charge is 0.264 e. The second-order valence-electron chi connectivity index (χ2n) is 10.8. The maximum Gasteiger partial charge on any atom is 0.264 e. The molecule has 0 unspecified atom stereocenters. The van der Waals surface area contributed by atoms with Crippen molar-refractivity contribution in [3.8, 4) is 0 Å². The molecule has 1 N–H and O–H groups in total. The number of aryl methyl sites for hydroxylation is 1. The lowest BCUT2D eigenvalue weighted by Crippen LogP contribution is -2.53. The first kappa shape index (κ1) is 34.0. The van der Waals surface area contributed by atoms with Crippen molar-refractivity contribution in [3.05, 3.63) is 130 Å². The number of halogens is 2. The van der Waals surface area contributed by atoms with Crippen LogP contribution in [0.5, 0.6) is 0 Å². The van der Waals surface area contributed by atoms with Crippen LogP contribution < -0.4 is 9.62 Å². The number of nitrogens with one attached hydrogen (secondary N) is 1. The number of unbranched alkanes of at least 4 members (excludes halogenated alkanes) is 1. The lowest BCUT2D eigenvalue weighted by Gasteiger charge is -2.34. The van der Waals surface area contributed by atoms with Crippen molar-refractivity contribution in [2.45, 2.75) is 50.6 Å². The molecule has 0 aliphatic heterocycles. The van der Waals surface area contributed by atoms with Gasteiger partial charge in [-0.3, -0.25) is 13.9 Å². The van der Waals surface area contributed by atoms with Crippen LogP contribution in [-0.2, 0) is 32.6 Å². The van der Waals surface area contributed by atoms with Gasteiger partial charge in [0.15, 0.2) is 0 Å². The number of benzene rings is 4. The number of carbonyl (C=O) groups is 2. The van der Waals surface area contributed by atoms with Crippen LogP contribution in [0.2, 0.25) is 10.0 Å². The van der Waals surface area contributed by atoms with Crippen LogP contribution in [0, 0.1) is 6.92 Å². The van der Waals surface area contributed by atoms with Gasteiger partial charge in [-0.25, -0.2) is 8.42 Å². The summed E-state index contributed by atoms with van der Waals surface area (Å²) in [6.07, 6.45) is 1.92. The summed E-state index contributed by atoms with van der Waals surface area (Å²) in [4.78, 5) is 29.8. The number of rotatable bonds is 14. The fourth-order valence-corrected chi connectivity index (χ4v) is 7.00. The maximum absolute atomic E-state index is 14.5. The van der Waals surface area contributed by atoms with Crippen molar-refractivity contribution in [1.82, 2.24) is 10.2 Å². The summed E-state index contributed by atoms with van der Waals surface area (Å²) >= 11 is 12.7. The summed E-state index contributed by atoms with van der Waals surface area (Å²) in [5.41, 5.74) is 2.77. The minimum absolute atomic E-state index is 0.00723. The minimum atomic E-state index is -4.26. The second-order valence-corrected chi connectivity index (χ2v) is 13.5. The zero-order valence-corrected chi connectivity index (χ0v) is 27.7. The van der Waals surface area contributed by atoms with Gasteiger partial charge in [0.1, 0.15) is 12.6 Å². The number of carbonyl (C=O) groups excluding carboxylic acids is 2. The predicted octanol–water partition coefficient (Wildman–Crippen LogP) is 7.05. The molecule has 0 fully saturated rings. The van der Waals surface area contributed by atoms with Crippen molar-refractivity contribution in [2.24, 2.45) is 0 Å². The maximum atomic E-state index is 14.5. The third-order valence-electron chi connectivity index (χ3n) is 7.32. The first-order chi connectivity index (χ1) is 21.6. The van der Waals surface area contributed by atoms with E-state index in [0.717, 1.165) is 33.8 Å². The Morgan fingerprint density at radius 2 is 1.51 bits per heavy atom. The molecule has 236 valence electrons. The zero-order valence-electron chi connectivity index (χ0n) is 25.3.